The van der Waals surface area contributed by atoms with Crippen molar-refractivity contribution >= 4 is 23.2 Å². The Morgan fingerprint density at radius 3 is 2.50 bits per heavy atom. The van der Waals surface area contributed by atoms with E-state index in [1.165, 1.54) is 26.4 Å². The molecule has 8 heteroatoms. The van der Waals surface area contributed by atoms with Crippen molar-refractivity contribution in [3.05, 3.63) is 52.5 Å². The lowest BCUT2D eigenvalue weighted by atomic mass is 9.97. The maximum Gasteiger partial charge on any atom is 0.356 e. The SMILES string of the molecule is COC(=O)c1nc(-c2ccc3c(n2)C(=O)C=C(OC)C3=O)c(N)cc1C. The fraction of sp³-hybridized carbons (Fsp3) is 0.167. The summed E-state index contributed by atoms with van der Waals surface area (Å²) in [5, 5.41) is 0. The Kier molecular flexibility index (Phi) is 4.25. The van der Waals surface area contributed by atoms with E-state index in [4.69, 9.17) is 15.2 Å². The molecule has 0 aliphatic heterocycles. The van der Waals surface area contributed by atoms with Crippen LogP contribution in [0.15, 0.2) is 30.0 Å². The van der Waals surface area contributed by atoms with Gasteiger partial charge in [0, 0.05) is 6.08 Å². The van der Waals surface area contributed by atoms with Crippen LogP contribution in [-0.4, -0.2) is 41.7 Å². The minimum Gasteiger partial charge on any atom is -0.492 e. The molecule has 2 heterocycles. The minimum atomic E-state index is -0.611. The molecule has 1 aliphatic carbocycles. The third-order valence-electron chi connectivity index (χ3n) is 3.94. The van der Waals surface area contributed by atoms with Crippen molar-refractivity contribution in [3.8, 4) is 11.4 Å². The van der Waals surface area contributed by atoms with E-state index < -0.39 is 17.5 Å². The van der Waals surface area contributed by atoms with Crippen molar-refractivity contribution in [1.29, 1.82) is 0 Å². The molecule has 0 saturated heterocycles. The number of pyridine rings is 2. The number of allylic oxidation sites excluding steroid dienone is 2. The lowest BCUT2D eigenvalue weighted by molar-refractivity contribution is 0.0593. The molecule has 8 nitrogen and oxygen atoms in total. The van der Waals surface area contributed by atoms with Crippen LogP contribution in [0.2, 0.25) is 0 Å². The minimum absolute atomic E-state index is 0.0188. The number of fused-ring (bicyclic) bond motifs is 1. The van der Waals surface area contributed by atoms with Crippen LogP contribution >= 0.6 is 0 Å². The second-order valence-corrected chi connectivity index (χ2v) is 5.58. The van der Waals surface area contributed by atoms with Gasteiger partial charge in [-0.25, -0.2) is 14.8 Å². The van der Waals surface area contributed by atoms with E-state index in [0.717, 1.165) is 6.08 Å². The first-order valence-electron chi connectivity index (χ1n) is 7.59. The number of esters is 1. The second-order valence-electron chi connectivity index (χ2n) is 5.58. The first-order chi connectivity index (χ1) is 12.4. The summed E-state index contributed by atoms with van der Waals surface area (Å²) in [5.41, 5.74) is 7.54. The molecule has 0 radical (unpaired) electrons. The third kappa shape index (κ3) is 2.71. The largest absolute Gasteiger partial charge is 0.492 e. The number of nitrogens with two attached hydrogens (primary N) is 1. The van der Waals surface area contributed by atoms with Crippen LogP contribution in [-0.2, 0) is 9.47 Å². The van der Waals surface area contributed by atoms with Crippen LogP contribution < -0.4 is 5.73 Å². The van der Waals surface area contributed by atoms with Gasteiger partial charge < -0.3 is 15.2 Å². The number of hydrogen-bond donors (Lipinski definition) is 1. The number of aryl methyl sites for hydroxylation is 1. The van der Waals surface area contributed by atoms with E-state index in [-0.39, 0.29) is 39.8 Å². The average molecular weight is 353 g/mol. The normalized spacial score (nSPS) is 13.1. The molecule has 2 N–H and O–H groups in total. The van der Waals surface area contributed by atoms with E-state index in [9.17, 15) is 14.4 Å². The third-order valence-corrected chi connectivity index (χ3v) is 3.94. The first-order valence-corrected chi connectivity index (χ1v) is 7.59. The summed E-state index contributed by atoms with van der Waals surface area (Å²) >= 11 is 0. The van der Waals surface area contributed by atoms with Crippen LogP contribution in [0, 0.1) is 6.92 Å². The van der Waals surface area contributed by atoms with Crippen molar-refractivity contribution in [3.63, 3.8) is 0 Å². The number of ketones is 2. The molecule has 2 aromatic heterocycles. The first kappa shape index (κ1) is 17.3. The molecule has 0 aromatic carbocycles. The topological polar surface area (TPSA) is 121 Å². The van der Waals surface area contributed by atoms with Gasteiger partial charge in [-0.1, -0.05) is 0 Å². The van der Waals surface area contributed by atoms with Gasteiger partial charge in [0.2, 0.25) is 11.6 Å². The fourth-order valence-corrected chi connectivity index (χ4v) is 2.64. The summed E-state index contributed by atoms with van der Waals surface area (Å²) in [5.74, 6) is -1.54. The van der Waals surface area contributed by atoms with E-state index in [1.807, 2.05) is 0 Å². The molecular formula is C18H15N3O5. The maximum atomic E-state index is 12.2. The summed E-state index contributed by atoms with van der Waals surface area (Å²) < 4.78 is 9.62. The standard InChI is InChI=1S/C18H15N3O5/c1-8-6-10(19)16(21-14(8)18(24)26-3)11-5-4-9-15(20-11)12(22)7-13(25-2)17(9)23/h4-7H,19H2,1-3H3. The predicted molar refractivity (Wildman–Crippen MR) is 91.7 cm³/mol. The van der Waals surface area contributed by atoms with Crippen molar-refractivity contribution < 1.29 is 23.9 Å². The lowest BCUT2D eigenvalue weighted by Crippen LogP contribution is -2.20. The van der Waals surface area contributed by atoms with Crippen molar-refractivity contribution in [2.45, 2.75) is 6.92 Å². The predicted octanol–water partition coefficient (Wildman–Crippen LogP) is 1.73. The number of ether oxygens (including phenoxy) is 2. The van der Waals surface area contributed by atoms with Gasteiger partial charge in [-0.05, 0) is 30.7 Å². The molecule has 3 rings (SSSR count). The number of carbonyl (C=O) groups excluding carboxylic acids is 3. The fourth-order valence-electron chi connectivity index (χ4n) is 2.64. The smallest absolute Gasteiger partial charge is 0.356 e. The number of nitrogen functional groups attached to an aromatic ring is 1. The molecule has 0 spiro atoms. The van der Waals surface area contributed by atoms with Gasteiger partial charge in [0.05, 0.1) is 31.2 Å². The summed E-state index contributed by atoms with van der Waals surface area (Å²) in [7, 11) is 2.57. The Labute approximate surface area is 148 Å². The lowest BCUT2D eigenvalue weighted by Gasteiger charge is -2.15. The number of carbonyl (C=O) groups is 3. The highest BCUT2D eigenvalue weighted by Gasteiger charge is 2.28. The van der Waals surface area contributed by atoms with Gasteiger partial charge in [0.1, 0.15) is 11.4 Å². The second kappa shape index (κ2) is 6.40. The molecule has 0 amide bonds. The number of Topliss-reactive ketones (excluding diaryl/α,β-unsaturated/α-hetero) is 1. The van der Waals surface area contributed by atoms with E-state index in [2.05, 4.69) is 9.97 Å². The quantitative estimate of drug-likeness (QED) is 0.828. The number of hydrogen-bond acceptors (Lipinski definition) is 8. The van der Waals surface area contributed by atoms with Crippen molar-refractivity contribution in [2.75, 3.05) is 20.0 Å². The molecule has 132 valence electrons. The summed E-state index contributed by atoms with van der Waals surface area (Å²) in [6, 6.07) is 4.55. The highest BCUT2D eigenvalue weighted by atomic mass is 16.5. The average Bonchev–Trinajstić information content (AvgIpc) is 2.63. The monoisotopic (exact) mass is 353 g/mol. The van der Waals surface area contributed by atoms with Crippen LogP contribution in [0.5, 0.6) is 0 Å². The number of rotatable bonds is 3. The van der Waals surface area contributed by atoms with Gasteiger partial charge >= 0.3 is 5.97 Å². The molecule has 26 heavy (non-hydrogen) atoms. The Balaban J connectivity index is 2.15. The highest BCUT2D eigenvalue weighted by Crippen LogP contribution is 2.28. The Hall–Kier alpha value is -3.55. The van der Waals surface area contributed by atoms with Gasteiger partial charge in [-0.3, -0.25) is 9.59 Å². The van der Waals surface area contributed by atoms with Crippen LogP contribution in [0.3, 0.4) is 0 Å². The van der Waals surface area contributed by atoms with Crippen LogP contribution in [0.1, 0.15) is 36.9 Å². The van der Waals surface area contributed by atoms with Gasteiger partial charge in [-0.2, -0.15) is 0 Å². The Morgan fingerprint density at radius 1 is 1.12 bits per heavy atom. The summed E-state index contributed by atoms with van der Waals surface area (Å²) in [6.45, 7) is 1.68. The number of aromatic nitrogens is 2. The molecule has 0 fully saturated rings. The van der Waals surface area contributed by atoms with Crippen LogP contribution in [0.4, 0.5) is 5.69 Å². The van der Waals surface area contributed by atoms with E-state index >= 15 is 0 Å². The highest BCUT2D eigenvalue weighted by molar-refractivity contribution is 6.23. The van der Waals surface area contributed by atoms with Crippen molar-refractivity contribution in [2.24, 2.45) is 0 Å². The molecule has 0 unspecified atom stereocenters. The number of methoxy groups -OCH3 is 2. The van der Waals surface area contributed by atoms with Gasteiger partial charge in [0.15, 0.2) is 11.5 Å². The number of nitrogens with zero attached hydrogens (tertiary/aromatic N) is 2. The zero-order chi connectivity index (χ0) is 19.0. The Bertz CT molecular complexity index is 995. The van der Waals surface area contributed by atoms with Crippen LogP contribution in [0.25, 0.3) is 11.4 Å². The molecule has 0 saturated carbocycles. The van der Waals surface area contributed by atoms with E-state index in [0.29, 0.717) is 5.56 Å². The van der Waals surface area contributed by atoms with Gasteiger partial charge in [-0.15, -0.1) is 0 Å². The molecule has 1 aliphatic rings. The Morgan fingerprint density at radius 2 is 1.85 bits per heavy atom. The van der Waals surface area contributed by atoms with E-state index in [1.54, 1.807) is 13.0 Å². The summed E-state index contributed by atoms with van der Waals surface area (Å²) in [6.07, 6.45) is 1.09. The molecular weight excluding hydrogens is 338 g/mol. The number of anilines is 1. The zero-order valence-electron chi connectivity index (χ0n) is 14.3. The van der Waals surface area contributed by atoms with Crippen molar-refractivity contribution in [1.82, 2.24) is 9.97 Å². The summed E-state index contributed by atoms with van der Waals surface area (Å²) in [4.78, 5) is 44.8. The molecule has 0 bridgehead atoms. The molecule has 2 aromatic rings. The maximum absolute atomic E-state index is 12.2. The van der Waals surface area contributed by atoms with Gasteiger partial charge in [0.25, 0.3) is 0 Å². The molecule has 0 atom stereocenters. The zero-order valence-corrected chi connectivity index (χ0v) is 14.3.